The number of hydrogen-bond acceptors (Lipinski definition) is 0. The maximum absolute atomic E-state index is 3.77. The van der Waals surface area contributed by atoms with Gasteiger partial charge < -0.3 is 0 Å². The molecule has 0 heterocycles. The fourth-order valence-corrected chi connectivity index (χ4v) is 2.53. The molecule has 0 aliphatic heterocycles. The van der Waals surface area contributed by atoms with Crippen LogP contribution in [0, 0.1) is 5.92 Å². The molecular weight excluding hydrogens is 200 g/mol. The van der Waals surface area contributed by atoms with Crippen LogP contribution in [0.3, 0.4) is 0 Å². The molecule has 1 aliphatic rings. The van der Waals surface area contributed by atoms with Gasteiger partial charge >= 0.3 is 0 Å². The molecule has 0 aromatic heterocycles. The first-order valence-electron chi connectivity index (χ1n) is 4.98. The Morgan fingerprint density at radius 1 is 1.18 bits per heavy atom. The molecule has 0 aromatic carbocycles. The van der Waals surface area contributed by atoms with Crippen LogP contribution in [0.25, 0.3) is 0 Å². The van der Waals surface area contributed by atoms with Crippen molar-refractivity contribution in [2.24, 2.45) is 5.92 Å². The summed E-state index contributed by atoms with van der Waals surface area (Å²) in [4.78, 5) is 0.792. The lowest BCUT2D eigenvalue weighted by Crippen LogP contribution is -2.12. The molecule has 0 aromatic rings. The van der Waals surface area contributed by atoms with Gasteiger partial charge in [-0.15, -0.1) is 0 Å². The molecule has 0 amide bonds. The summed E-state index contributed by atoms with van der Waals surface area (Å²) in [7, 11) is 0. The second kappa shape index (κ2) is 5.18. The molecule has 1 atom stereocenters. The van der Waals surface area contributed by atoms with Gasteiger partial charge in [-0.25, -0.2) is 0 Å². The molecule has 1 saturated carbocycles. The Kier molecular flexibility index (Phi) is 4.51. The van der Waals surface area contributed by atoms with E-state index in [1.165, 1.54) is 44.9 Å². The molecule has 66 valence electrons. The molecular formula is C10H19Br. The molecule has 0 nitrogen and oxygen atoms in total. The van der Waals surface area contributed by atoms with Crippen LogP contribution in [0.4, 0.5) is 0 Å². The Morgan fingerprint density at radius 3 is 2.18 bits per heavy atom. The van der Waals surface area contributed by atoms with E-state index in [9.17, 15) is 0 Å². The first-order valence-corrected chi connectivity index (χ1v) is 5.90. The largest absolute Gasteiger partial charge is 0.0888 e. The zero-order valence-corrected chi connectivity index (χ0v) is 9.07. The Hall–Kier alpha value is 0.480. The molecule has 0 radical (unpaired) electrons. The fourth-order valence-electron chi connectivity index (χ4n) is 2.01. The third-order valence-electron chi connectivity index (χ3n) is 2.80. The minimum Gasteiger partial charge on any atom is -0.0888 e. The highest BCUT2D eigenvalue weighted by Crippen LogP contribution is 2.30. The van der Waals surface area contributed by atoms with Gasteiger partial charge in [0.2, 0.25) is 0 Å². The Balaban J connectivity index is 2.30. The van der Waals surface area contributed by atoms with E-state index in [4.69, 9.17) is 0 Å². The molecule has 0 saturated heterocycles. The lowest BCUT2D eigenvalue weighted by molar-refractivity contribution is 0.441. The zero-order valence-electron chi connectivity index (χ0n) is 7.48. The van der Waals surface area contributed by atoms with Crippen LogP contribution in [0.2, 0.25) is 0 Å². The normalized spacial score (nSPS) is 24.5. The van der Waals surface area contributed by atoms with Gasteiger partial charge in [0.15, 0.2) is 0 Å². The van der Waals surface area contributed by atoms with Crippen molar-refractivity contribution in [3.05, 3.63) is 0 Å². The summed E-state index contributed by atoms with van der Waals surface area (Å²) in [5.41, 5.74) is 0. The SMILES string of the molecule is CCC(Br)C1CCCCCC1. The van der Waals surface area contributed by atoms with E-state index in [1.807, 2.05) is 0 Å². The van der Waals surface area contributed by atoms with E-state index in [0.29, 0.717) is 0 Å². The Morgan fingerprint density at radius 2 is 1.73 bits per heavy atom. The van der Waals surface area contributed by atoms with Crippen LogP contribution in [0.15, 0.2) is 0 Å². The summed E-state index contributed by atoms with van der Waals surface area (Å²) in [6, 6.07) is 0. The summed E-state index contributed by atoms with van der Waals surface area (Å²) in [6.45, 7) is 2.28. The van der Waals surface area contributed by atoms with Gasteiger partial charge in [0.25, 0.3) is 0 Å². The van der Waals surface area contributed by atoms with Crippen molar-refractivity contribution in [2.75, 3.05) is 0 Å². The third kappa shape index (κ3) is 3.14. The van der Waals surface area contributed by atoms with Crippen LogP contribution >= 0.6 is 15.9 Å². The standard InChI is InChI=1S/C10H19Br/c1-2-10(11)9-7-5-3-4-6-8-9/h9-10H,2-8H2,1H3. The van der Waals surface area contributed by atoms with E-state index in [0.717, 1.165) is 10.7 Å². The zero-order chi connectivity index (χ0) is 8.10. The van der Waals surface area contributed by atoms with E-state index in [2.05, 4.69) is 22.9 Å². The third-order valence-corrected chi connectivity index (χ3v) is 4.20. The number of halogens is 1. The number of alkyl halides is 1. The lowest BCUT2D eigenvalue weighted by Gasteiger charge is -2.18. The van der Waals surface area contributed by atoms with Gasteiger partial charge in [0.05, 0.1) is 0 Å². The maximum atomic E-state index is 3.77. The maximum Gasteiger partial charge on any atom is 0.0171 e. The van der Waals surface area contributed by atoms with Crippen molar-refractivity contribution in [3.63, 3.8) is 0 Å². The molecule has 1 unspecified atom stereocenters. The second-order valence-corrected chi connectivity index (χ2v) is 4.85. The van der Waals surface area contributed by atoms with E-state index >= 15 is 0 Å². The van der Waals surface area contributed by atoms with Crippen molar-refractivity contribution in [1.82, 2.24) is 0 Å². The minimum absolute atomic E-state index is 0.792. The van der Waals surface area contributed by atoms with Crippen LogP contribution in [0.5, 0.6) is 0 Å². The predicted octanol–water partition coefficient (Wildman–Crippen LogP) is 4.13. The predicted molar refractivity (Wildman–Crippen MR) is 54.2 cm³/mol. The smallest absolute Gasteiger partial charge is 0.0171 e. The highest BCUT2D eigenvalue weighted by Gasteiger charge is 2.18. The average molecular weight is 219 g/mol. The summed E-state index contributed by atoms with van der Waals surface area (Å²) in [5.74, 6) is 0.975. The van der Waals surface area contributed by atoms with Crippen LogP contribution in [-0.2, 0) is 0 Å². The summed E-state index contributed by atoms with van der Waals surface area (Å²) in [6.07, 6.45) is 10.1. The van der Waals surface area contributed by atoms with Crippen LogP contribution in [-0.4, -0.2) is 4.83 Å². The van der Waals surface area contributed by atoms with Crippen molar-refractivity contribution >= 4 is 15.9 Å². The molecule has 1 rings (SSSR count). The molecule has 11 heavy (non-hydrogen) atoms. The van der Waals surface area contributed by atoms with Crippen molar-refractivity contribution in [3.8, 4) is 0 Å². The fraction of sp³-hybridized carbons (Fsp3) is 1.00. The lowest BCUT2D eigenvalue weighted by atomic mass is 9.95. The second-order valence-electron chi connectivity index (χ2n) is 3.68. The van der Waals surface area contributed by atoms with E-state index in [1.54, 1.807) is 0 Å². The molecule has 1 fully saturated rings. The van der Waals surface area contributed by atoms with Gasteiger partial charge in [-0.05, 0) is 25.2 Å². The van der Waals surface area contributed by atoms with Gasteiger partial charge in [-0.2, -0.15) is 0 Å². The topological polar surface area (TPSA) is 0 Å². The van der Waals surface area contributed by atoms with Crippen LogP contribution in [0.1, 0.15) is 51.9 Å². The van der Waals surface area contributed by atoms with Gasteiger partial charge in [-0.3, -0.25) is 0 Å². The number of hydrogen-bond donors (Lipinski definition) is 0. The average Bonchev–Trinajstić information content (AvgIpc) is 2.30. The highest BCUT2D eigenvalue weighted by molar-refractivity contribution is 9.09. The van der Waals surface area contributed by atoms with Gasteiger partial charge in [-0.1, -0.05) is 48.5 Å². The van der Waals surface area contributed by atoms with E-state index < -0.39 is 0 Å². The van der Waals surface area contributed by atoms with Gasteiger partial charge in [0.1, 0.15) is 0 Å². The van der Waals surface area contributed by atoms with Gasteiger partial charge in [0, 0.05) is 4.83 Å². The monoisotopic (exact) mass is 218 g/mol. The summed E-state index contributed by atoms with van der Waals surface area (Å²) >= 11 is 3.77. The number of rotatable bonds is 2. The van der Waals surface area contributed by atoms with E-state index in [-0.39, 0.29) is 0 Å². The van der Waals surface area contributed by atoms with Crippen LogP contribution < -0.4 is 0 Å². The minimum atomic E-state index is 0.792. The molecule has 1 aliphatic carbocycles. The molecule has 0 N–H and O–H groups in total. The summed E-state index contributed by atoms with van der Waals surface area (Å²) < 4.78 is 0. The Labute approximate surface area is 78.9 Å². The van der Waals surface area contributed by atoms with Crippen molar-refractivity contribution < 1.29 is 0 Å². The molecule has 1 heteroatoms. The summed E-state index contributed by atoms with van der Waals surface area (Å²) in [5, 5.41) is 0. The molecule has 0 spiro atoms. The highest BCUT2D eigenvalue weighted by atomic mass is 79.9. The first-order chi connectivity index (χ1) is 5.34. The first kappa shape index (κ1) is 9.57. The molecule has 0 bridgehead atoms. The van der Waals surface area contributed by atoms with Crippen molar-refractivity contribution in [2.45, 2.75) is 56.7 Å². The van der Waals surface area contributed by atoms with Crippen molar-refractivity contribution in [1.29, 1.82) is 0 Å². The Bertz CT molecular complexity index is 93.0. The quantitative estimate of drug-likeness (QED) is 0.483.